The van der Waals surface area contributed by atoms with Gasteiger partial charge in [-0.2, -0.15) is 0 Å². The third-order valence-electron chi connectivity index (χ3n) is 3.27. The molecule has 20 heavy (non-hydrogen) atoms. The fourth-order valence-electron chi connectivity index (χ4n) is 2.32. The molecule has 0 radical (unpaired) electrons. The van der Waals surface area contributed by atoms with E-state index in [4.69, 9.17) is 11.6 Å². The Kier molecular flexibility index (Phi) is 3.69. The summed E-state index contributed by atoms with van der Waals surface area (Å²) in [6.45, 7) is 1.47. The first-order valence-corrected chi connectivity index (χ1v) is 6.98. The van der Waals surface area contributed by atoms with Gasteiger partial charge < -0.3 is 9.13 Å². The van der Waals surface area contributed by atoms with E-state index in [9.17, 15) is 4.39 Å². The average molecular weight is 293 g/mol. The largest absolute Gasteiger partial charge is 0.336 e. The van der Waals surface area contributed by atoms with Gasteiger partial charge in [-0.3, -0.25) is 0 Å². The summed E-state index contributed by atoms with van der Waals surface area (Å²) in [5.41, 5.74) is 1.23. The lowest BCUT2D eigenvalue weighted by molar-refractivity contribution is 0.572. The van der Waals surface area contributed by atoms with E-state index in [-0.39, 0.29) is 5.82 Å². The van der Waals surface area contributed by atoms with Crippen LogP contribution in [-0.4, -0.2) is 25.0 Å². The van der Waals surface area contributed by atoms with Crippen LogP contribution in [0.25, 0.3) is 11.0 Å². The second-order valence-electron chi connectivity index (χ2n) is 4.53. The molecule has 0 N–H and O–H groups in total. The Morgan fingerprint density at radius 3 is 2.90 bits per heavy atom. The van der Waals surface area contributed by atoms with E-state index in [0.717, 1.165) is 17.9 Å². The summed E-state index contributed by atoms with van der Waals surface area (Å²) < 4.78 is 17.8. The fourth-order valence-corrected chi connectivity index (χ4v) is 2.49. The first-order chi connectivity index (χ1) is 9.79. The van der Waals surface area contributed by atoms with Gasteiger partial charge in [0, 0.05) is 37.8 Å². The highest BCUT2D eigenvalue weighted by Gasteiger charge is 2.13. The second kappa shape index (κ2) is 5.63. The lowest BCUT2D eigenvalue weighted by Gasteiger charge is -2.09. The van der Waals surface area contributed by atoms with Gasteiger partial charge in [-0.05, 0) is 12.1 Å². The molecule has 0 unspecified atom stereocenters. The molecule has 0 spiro atoms. The minimum atomic E-state index is -0.292. The predicted octanol–water partition coefficient (Wildman–Crippen LogP) is 2.85. The molecule has 3 aromatic rings. The number of imidazole rings is 2. The fraction of sp³-hybridized carbons (Fsp3) is 0.286. The molecule has 0 aliphatic carbocycles. The first-order valence-electron chi connectivity index (χ1n) is 6.45. The maximum atomic E-state index is 13.8. The van der Waals surface area contributed by atoms with E-state index >= 15 is 0 Å². The molecule has 0 saturated carbocycles. The summed E-state index contributed by atoms with van der Waals surface area (Å²) in [5, 5.41) is 0. The maximum absolute atomic E-state index is 13.8. The van der Waals surface area contributed by atoms with E-state index in [2.05, 4.69) is 9.97 Å². The Hall–Kier alpha value is -1.88. The molecule has 0 atom stereocenters. The highest BCUT2D eigenvalue weighted by atomic mass is 35.5. The van der Waals surface area contributed by atoms with Gasteiger partial charge in [0.25, 0.3) is 0 Å². The lowest BCUT2D eigenvalue weighted by Crippen LogP contribution is -2.09. The van der Waals surface area contributed by atoms with E-state index in [1.54, 1.807) is 18.6 Å². The number of alkyl halides is 1. The van der Waals surface area contributed by atoms with E-state index in [0.29, 0.717) is 24.4 Å². The average Bonchev–Trinajstić information content (AvgIpc) is 3.05. The van der Waals surface area contributed by atoms with Crippen LogP contribution in [0.4, 0.5) is 4.39 Å². The van der Waals surface area contributed by atoms with Crippen molar-refractivity contribution < 1.29 is 4.39 Å². The highest BCUT2D eigenvalue weighted by Crippen LogP contribution is 2.20. The van der Waals surface area contributed by atoms with Crippen LogP contribution in [0.1, 0.15) is 5.82 Å². The van der Waals surface area contributed by atoms with Crippen LogP contribution in [0.2, 0.25) is 0 Å². The standard InChI is InChI=1S/C14H14ClFN4/c15-5-4-13-18-14-11(16)2-1-3-12(14)20(13)9-8-19-7-6-17-10-19/h1-3,6-7,10H,4-5,8-9H2. The second-order valence-corrected chi connectivity index (χ2v) is 4.90. The summed E-state index contributed by atoms with van der Waals surface area (Å²) >= 11 is 5.81. The Labute approximate surface area is 120 Å². The molecule has 104 valence electrons. The van der Waals surface area contributed by atoms with Gasteiger partial charge in [-0.15, -0.1) is 11.6 Å². The van der Waals surface area contributed by atoms with Crippen LogP contribution in [0.3, 0.4) is 0 Å². The third-order valence-corrected chi connectivity index (χ3v) is 3.46. The minimum absolute atomic E-state index is 0.292. The number of hydrogen-bond donors (Lipinski definition) is 0. The number of aromatic nitrogens is 4. The smallest absolute Gasteiger partial charge is 0.151 e. The van der Waals surface area contributed by atoms with Crippen LogP contribution in [0.5, 0.6) is 0 Å². The zero-order valence-electron chi connectivity index (χ0n) is 10.8. The molecule has 4 nitrogen and oxygen atoms in total. The number of rotatable bonds is 5. The molecule has 0 saturated heterocycles. The van der Waals surface area contributed by atoms with Crippen molar-refractivity contribution in [1.29, 1.82) is 0 Å². The Morgan fingerprint density at radius 1 is 1.25 bits per heavy atom. The van der Waals surface area contributed by atoms with Crippen molar-refractivity contribution in [3.63, 3.8) is 0 Å². The molecule has 0 aliphatic rings. The van der Waals surface area contributed by atoms with E-state index in [1.165, 1.54) is 6.07 Å². The molecule has 2 heterocycles. The quantitative estimate of drug-likeness (QED) is 0.678. The van der Waals surface area contributed by atoms with Gasteiger partial charge >= 0.3 is 0 Å². The number of halogens is 2. The summed E-state index contributed by atoms with van der Waals surface area (Å²) in [6.07, 6.45) is 6.03. The minimum Gasteiger partial charge on any atom is -0.336 e. The number of hydrogen-bond acceptors (Lipinski definition) is 2. The van der Waals surface area contributed by atoms with Crippen molar-refractivity contribution in [3.05, 3.63) is 48.6 Å². The number of benzene rings is 1. The Balaban J connectivity index is 1.98. The number of para-hydroxylation sites is 1. The molecule has 1 aromatic carbocycles. The topological polar surface area (TPSA) is 35.6 Å². The van der Waals surface area contributed by atoms with Crippen molar-refractivity contribution in [2.24, 2.45) is 0 Å². The Bertz CT molecular complexity index is 705. The summed E-state index contributed by atoms with van der Waals surface area (Å²) in [5.74, 6) is 0.996. The predicted molar refractivity (Wildman–Crippen MR) is 76.3 cm³/mol. The van der Waals surface area contributed by atoms with Gasteiger partial charge in [-0.25, -0.2) is 14.4 Å². The molecule has 0 fully saturated rings. The van der Waals surface area contributed by atoms with Crippen molar-refractivity contribution in [1.82, 2.24) is 19.1 Å². The van der Waals surface area contributed by atoms with Crippen molar-refractivity contribution >= 4 is 22.6 Å². The molecule has 0 aliphatic heterocycles. The number of fused-ring (bicyclic) bond motifs is 1. The maximum Gasteiger partial charge on any atom is 0.151 e. The van der Waals surface area contributed by atoms with Crippen molar-refractivity contribution in [2.75, 3.05) is 5.88 Å². The third kappa shape index (κ3) is 2.41. The van der Waals surface area contributed by atoms with Gasteiger partial charge in [-0.1, -0.05) is 6.07 Å². The van der Waals surface area contributed by atoms with Crippen molar-refractivity contribution in [3.8, 4) is 0 Å². The molecule has 2 aromatic heterocycles. The zero-order valence-corrected chi connectivity index (χ0v) is 11.6. The Morgan fingerprint density at radius 2 is 2.15 bits per heavy atom. The summed E-state index contributed by atoms with van der Waals surface area (Å²) in [7, 11) is 0. The highest BCUT2D eigenvalue weighted by molar-refractivity contribution is 6.17. The molecule has 6 heteroatoms. The monoisotopic (exact) mass is 292 g/mol. The molecule has 0 amide bonds. The lowest BCUT2D eigenvalue weighted by atomic mass is 10.3. The van der Waals surface area contributed by atoms with E-state index in [1.807, 2.05) is 21.4 Å². The summed E-state index contributed by atoms with van der Waals surface area (Å²) in [4.78, 5) is 8.39. The van der Waals surface area contributed by atoms with Gasteiger partial charge in [0.2, 0.25) is 0 Å². The molecular weight excluding hydrogens is 279 g/mol. The normalized spacial score (nSPS) is 11.3. The van der Waals surface area contributed by atoms with Crippen LogP contribution in [-0.2, 0) is 19.5 Å². The van der Waals surface area contributed by atoms with Gasteiger partial charge in [0.15, 0.2) is 5.82 Å². The van der Waals surface area contributed by atoms with E-state index < -0.39 is 0 Å². The molecular formula is C14H14ClFN4. The van der Waals surface area contributed by atoms with Crippen LogP contribution >= 0.6 is 11.6 Å². The van der Waals surface area contributed by atoms with Gasteiger partial charge in [0.1, 0.15) is 11.3 Å². The van der Waals surface area contributed by atoms with Crippen LogP contribution in [0.15, 0.2) is 36.9 Å². The first kappa shape index (κ1) is 13.1. The molecule has 3 rings (SSSR count). The summed E-state index contributed by atoms with van der Waals surface area (Å²) in [6, 6.07) is 5.02. The molecule has 0 bridgehead atoms. The van der Waals surface area contributed by atoms with Crippen molar-refractivity contribution in [2.45, 2.75) is 19.5 Å². The number of aryl methyl sites for hydroxylation is 3. The SMILES string of the molecule is Fc1cccc2c1nc(CCCl)n2CCn1ccnc1. The number of nitrogens with zero attached hydrogens (tertiary/aromatic N) is 4. The van der Waals surface area contributed by atoms with Gasteiger partial charge in [0.05, 0.1) is 11.8 Å². The van der Waals surface area contributed by atoms with Crippen LogP contribution in [0, 0.1) is 5.82 Å². The van der Waals surface area contributed by atoms with Crippen LogP contribution < -0.4 is 0 Å². The zero-order chi connectivity index (χ0) is 13.9.